The van der Waals surface area contributed by atoms with Crippen molar-refractivity contribution >= 4 is 20.0 Å². The van der Waals surface area contributed by atoms with E-state index < -0.39 is 20.0 Å². The summed E-state index contributed by atoms with van der Waals surface area (Å²) in [6.07, 6.45) is 1.46. The number of sulfonamides is 2. The van der Waals surface area contributed by atoms with Gasteiger partial charge in [-0.3, -0.25) is 4.68 Å². The molecular weight excluding hydrogens is 392 g/mol. The minimum absolute atomic E-state index is 0.0893. The van der Waals surface area contributed by atoms with Gasteiger partial charge in [0.15, 0.2) is 0 Å². The number of benzene rings is 1. The van der Waals surface area contributed by atoms with Gasteiger partial charge in [0.25, 0.3) is 0 Å². The van der Waals surface area contributed by atoms with E-state index in [1.54, 1.807) is 26.1 Å². The minimum atomic E-state index is -3.70. The van der Waals surface area contributed by atoms with Crippen molar-refractivity contribution in [3.63, 3.8) is 0 Å². The van der Waals surface area contributed by atoms with Gasteiger partial charge >= 0.3 is 0 Å². The van der Waals surface area contributed by atoms with Gasteiger partial charge in [-0.15, -0.1) is 0 Å². The third-order valence-electron chi connectivity index (χ3n) is 4.48. The van der Waals surface area contributed by atoms with E-state index in [2.05, 4.69) is 5.10 Å². The van der Waals surface area contributed by atoms with Crippen LogP contribution in [0.3, 0.4) is 0 Å². The average Bonchev–Trinajstić information content (AvgIpc) is 3.01. The summed E-state index contributed by atoms with van der Waals surface area (Å²) in [6.45, 7) is 2.00. The molecule has 1 aliphatic heterocycles. The third kappa shape index (κ3) is 3.72. The molecule has 1 fully saturated rings. The van der Waals surface area contributed by atoms with E-state index >= 15 is 0 Å². The summed E-state index contributed by atoms with van der Waals surface area (Å²) in [7, 11) is -4.22. The highest BCUT2D eigenvalue weighted by atomic mass is 32.2. The third-order valence-corrected chi connectivity index (χ3v) is 8.40. The monoisotopic (exact) mass is 414 g/mol. The molecule has 148 valence electrons. The highest BCUT2D eigenvalue weighted by Crippen LogP contribution is 2.24. The van der Waals surface area contributed by atoms with Crippen LogP contribution < -0.4 is 4.74 Å². The van der Waals surface area contributed by atoms with Gasteiger partial charge in [-0.25, -0.2) is 16.8 Å². The van der Waals surface area contributed by atoms with Crippen molar-refractivity contribution in [3.8, 4) is 5.75 Å². The first-order valence-electron chi connectivity index (χ1n) is 8.31. The fourth-order valence-corrected chi connectivity index (χ4v) is 6.06. The zero-order valence-corrected chi connectivity index (χ0v) is 17.0. The first kappa shape index (κ1) is 19.8. The van der Waals surface area contributed by atoms with Crippen LogP contribution in [0.15, 0.2) is 40.3 Å². The van der Waals surface area contributed by atoms with Gasteiger partial charge in [0.2, 0.25) is 20.0 Å². The number of aromatic nitrogens is 2. The second kappa shape index (κ2) is 7.23. The number of rotatable bonds is 5. The summed E-state index contributed by atoms with van der Waals surface area (Å²) in [5.41, 5.74) is 0.422. The Balaban J connectivity index is 1.75. The Hall–Kier alpha value is -1.95. The van der Waals surface area contributed by atoms with E-state index in [4.69, 9.17) is 4.74 Å². The first-order chi connectivity index (χ1) is 12.7. The summed E-state index contributed by atoms with van der Waals surface area (Å²) in [4.78, 5) is 0.305. The smallest absolute Gasteiger partial charge is 0.246 e. The standard InChI is InChI=1S/C16H22N4O5S2/c1-13-16(12-18(2)17-13)27(23,24)20-10-8-19(9-11-20)26(21,22)15-6-4-14(25-3)5-7-15/h4-7,12H,8-11H2,1-3H3. The van der Waals surface area contributed by atoms with Crippen molar-refractivity contribution < 1.29 is 21.6 Å². The molecule has 27 heavy (non-hydrogen) atoms. The Morgan fingerprint density at radius 2 is 1.44 bits per heavy atom. The molecule has 0 atom stereocenters. The van der Waals surface area contributed by atoms with Crippen LogP contribution in [0.1, 0.15) is 5.69 Å². The van der Waals surface area contributed by atoms with Crippen LogP contribution in [0, 0.1) is 6.92 Å². The molecular formula is C16H22N4O5S2. The van der Waals surface area contributed by atoms with E-state index in [9.17, 15) is 16.8 Å². The Morgan fingerprint density at radius 1 is 0.926 bits per heavy atom. The molecule has 2 aromatic rings. The summed E-state index contributed by atoms with van der Waals surface area (Å²) in [5.74, 6) is 0.566. The number of nitrogens with zero attached hydrogens (tertiary/aromatic N) is 4. The Kier molecular flexibility index (Phi) is 5.30. The molecule has 0 N–H and O–H groups in total. The van der Waals surface area contributed by atoms with Crippen molar-refractivity contribution in [2.75, 3.05) is 33.3 Å². The van der Waals surface area contributed by atoms with Crippen LogP contribution in [0.4, 0.5) is 0 Å². The Labute approximate surface area is 159 Å². The van der Waals surface area contributed by atoms with Crippen molar-refractivity contribution in [1.82, 2.24) is 18.4 Å². The zero-order valence-electron chi connectivity index (χ0n) is 15.4. The number of hydrogen-bond donors (Lipinski definition) is 0. The molecule has 1 aliphatic rings. The Morgan fingerprint density at radius 3 is 1.89 bits per heavy atom. The second-order valence-corrected chi connectivity index (χ2v) is 10.1. The van der Waals surface area contributed by atoms with Gasteiger partial charge in [-0.1, -0.05) is 0 Å². The summed E-state index contributed by atoms with van der Waals surface area (Å²) >= 11 is 0. The molecule has 0 spiro atoms. The van der Waals surface area contributed by atoms with Crippen LogP contribution in [-0.2, 0) is 27.1 Å². The van der Waals surface area contributed by atoms with E-state index in [-0.39, 0.29) is 36.0 Å². The number of hydrogen-bond acceptors (Lipinski definition) is 6. The van der Waals surface area contributed by atoms with Crippen molar-refractivity contribution in [3.05, 3.63) is 36.2 Å². The van der Waals surface area contributed by atoms with Crippen LogP contribution in [0.2, 0.25) is 0 Å². The maximum atomic E-state index is 12.8. The molecule has 0 radical (unpaired) electrons. The van der Waals surface area contributed by atoms with Gasteiger partial charge < -0.3 is 4.74 Å². The highest BCUT2D eigenvalue weighted by molar-refractivity contribution is 7.89. The summed E-state index contributed by atoms with van der Waals surface area (Å²) in [6, 6.07) is 6.13. The second-order valence-electron chi connectivity index (χ2n) is 6.24. The first-order valence-corrected chi connectivity index (χ1v) is 11.2. The van der Waals surface area contributed by atoms with E-state index in [1.165, 1.54) is 38.7 Å². The molecule has 1 aromatic heterocycles. The van der Waals surface area contributed by atoms with Crippen molar-refractivity contribution in [1.29, 1.82) is 0 Å². The lowest BCUT2D eigenvalue weighted by Crippen LogP contribution is -2.50. The predicted octanol–water partition coefficient (Wildman–Crippen LogP) is 0.432. The van der Waals surface area contributed by atoms with E-state index in [0.717, 1.165) is 0 Å². The molecule has 2 heterocycles. The molecule has 9 nitrogen and oxygen atoms in total. The quantitative estimate of drug-likeness (QED) is 0.703. The van der Waals surface area contributed by atoms with Crippen molar-refractivity contribution in [2.24, 2.45) is 7.05 Å². The van der Waals surface area contributed by atoms with Crippen LogP contribution in [-0.4, -0.2) is 68.5 Å². The Bertz CT molecular complexity index is 1020. The van der Waals surface area contributed by atoms with E-state index in [0.29, 0.717) is 11.4 Å². The molecule has 11 heteroatoms. The van der Waals surface area contributed by atoms with Crippen LogP contribution in [0.5, 0.6) is 5.75 Å². The van der Waals surface area contributed by atoms with Gasteiger partial charge in [0.1, 0.15) is 10.6 Å². The van der Waals surface area contributed by atoms with E-state index in [1.807, 2.05) is 0 Å². The molecule has 0 unspecified atom stereocenters. The molecule has 3 rings (SSSR count). The minimum Gasteiger partial charge on any atom is -0.497 e. The lowest BCUT2D eigenvalue weighted by molar-refractivity contribution is 0.272. The molecule has 1 aromatic carbocycles. The largest absolute Gasteiger partial charge is 0.497 e. The molecule has 0 amide bonds. The number of piperazine rings is 1. The fraction of sp³-hybridized carbons (Fsp3) is 0.438. The summed E-state index contributed by atoms with van der Waals surface area (Å²) in [5, 5.41) is 4.07. The maximum absolute atomic E-state index is 12.8. The number of aryl methyl sites for hydroxylation is 2. The fourth-order valence-electron chi connectivity index (χ4n) is 3.02. The normalized spacial score (nSPS) is 17.1. The lowest BCUT2D eigenvalue weighted by atomic mass is 10.3. The van der Waals surface area contributed by atoms with Crippen molar-refractivity contribution in [2.45, 2.75) is 16.7 Å². The van der Waals surface area contributed by atoms with Gasteiger partial charge in [-0.05, 0) is 31.2 Å². The zero-order chi connectivity index (χ0) is 19.8. The number of methoxy groups -OCH3 is 1. The lowest BCUT2D eigenvalue weighted by Gasteiger charge is -2.33. The van der Waals surface area contributed by atoms with Gasteiger partial charge in [0.05, 0.1) is 17.7 Å². The predicted molar refractivity (Wildman–Crippen MR) is 98.5 cm³/mol. The van der Waals surface area contributed by atoms with Crippen LogP contribution >= 0.6 is 0 Å². The average molecular weight is 415 g/mol. The number of ether oxygens (including phenoxy) is 1. The van der Waals surface area contributed by atoms with Gasteiger partial charge in [-0.2, -0.15) is 13.7 Å². The topological polar surface area (TPSA) is 102 Å². The molecule has 1 saturated heterocycles. The molecule has 0 bridgehead atoms. The summed E-state index contributed by atoms with van der Waals surface area (Å²) < 4.78 is 60.3. The SMILES string of the molecule is COc1ccc(S(=O)(=O)N2CCN(S(=O)(=O)c3cn(C)nc3C)CC2)cc1. The van der Waals surface area contributed by atoms with Gasteiger partial charge in [0, 0.05) is 39.4 Å². The molecule has 0 aliphatic carbocycles. The molecule has 0 saturated carbocycles. The van der Waals surface area contributed by atoms with Crippen LogP contribution in [0.25, 0.3) is 0 Å². The maximum Gasteiger partial charge on any atom is 0.246 e. The highest BCUT2D eigenvalue weighted by Gasteiger charge is 2.35.